The molecule has 1 saturated heterocycles. The van der Waals surface area contributed by atoms with E-state index in [0.29, 0.717) is 18.4 Å². The molecule has 3 aliphatic rings. The maximum absolute atomic E-state index is 11.6. The van der Waals surface area contributed by atoms with E-state index in [9.17, 15) is 15.0 Å². The Morgan fingerprint density at radius 2 is 2.16 bits per heavy atom. The molecule has 0 spiro atoms. The van der Waals surface area contributed by atoms with Crippen LogP contribution in [0, 0.1) is 17.3 Å². The van der Waals surface area contributed by atoms with Crippen molar-refractivity contribution in [3.63, 3.8) is 0 Å². The van der Waals surface area contributed by atoms with Gasteiger partial charge in [0.2, 0.25) is 0 Å². The van der Waals surface area contributed by atoms with Crippen molar-refractivity contribution in [3.8, 4) is 0 Å². The maximum Gasteiger partial charge on any atom is 0.334 e. The highest BCUT2D eigenvalue weighted by Crippen LogP contribution is 2.55. The molecule has 2 aliphatic carbocycles. The Bertz CT molecular complexity index is 481. The second-order valence-electron chi connectivity index (χ2n) is 6.37. The van der Waals surface area contributed by atoms with Crippen molar-refractivity contribution in [3.05, 3.63) is 23.8 Å². The minimum atomic E-state index is -0.714. The van der Waals surface area contributed by atoms with Crippen LogP contribution in [0.25, 0.3) is 0 Å². The van der Waals surface area contributed by atoms with Crippen LogP contribution in [0.1, 0.15) is 26.7 Å². The standard InChI is InChI=1S/C15H20O4/c1-7-4-5-10(16)15(3)6-9-11(13(17)12(7)15)8(2)14(18)19-9/h4,9-13,16-17H,2,5-6H2,1,3H3/t9-,10+,11+,12?,13-,15-/m0/s1. The van der Waals surface area contributed by atoms with Gasteiger partial charge in [0.1, 0.15) is 6.10 Å². The van der Waals surface area contributed by atoms with Crippen molar-refractivity contribution < 1.29 is 19.7 Å². The molecule has 0 aromatic rings. The van der Waals surface area contributed by atoms with Crippen molar-refractivity contribution in [2.24, 2.45) is 17.3 Å². The maximum atomic E-state index is 11.6. The first-order chi connectivity index (χ1) is 8.86. The zero-order valence-electron chi connectivity index (χ0n) is 11.3. The summed E-state index contributed by atoms with van der Waals surface area (Å²) in [5, 5.41) is 21.0. The number of ether oxygens (including phenoxy) is 1. The third kappa shape index (κ3) is 1.56. The molecule has 2 N–H and O–H groups in total. The molecule has 1 heterocycles. The van der Waals surface area contributed by atoms with Gasteiger partial charge in [-0.15, -0.1) is 0 Å². The van der Waals surface area contributed by atoms with E-state index in [0.717, 1.165) is 5.57 Å². The molecule has 1 saturated carbocycles. The van der Waals surface area contributed by atoms with Crippen LogP contribution in [-0.2, 0) is 9.53 Å². The van der Waals surface area contributed by atoms with Crippen LogP contribution >= 0.6 is 0 Å². The molecular weight excluding hydrogens is 244 g/mol. The Morgan fingerprint density at radius 3 is 2.84 bits per heavy atom. The summed E-state index contributed by atoms with van der Waals surface area (Å²) in [7, 11) is 0. The fourth-order valence-electron chi connectivity index (χ4n) is 4.23. The minimum Gasteiger partial charge on any atom is -0.458 e. The van der Waals surface area contributed by atoms with E-state index in [1.165, 1.54) is 0 Å². The fourth-order valence-corrected chi connectivity index (χ4v) is 4.23. The molecule has 1 unspecified atom stereocenters. The Hall–Kier alpha value is -1.13. The number of carbonyl (C=O) groups is 1. The van der Waals surface area contributed by atoms with Crippen molar-refractivity contribution in [1.82, 2.24) is 0 Å². The zero-order chi connectivity index (χ0) is 13.9. The van der Waals surface area contributed by atoms with Gasteiger partial charge >= 0.3 is 5.97 Å². The number of rotatable bonds is 0. The van der Waals surface area contributed by atoms with Gasteiger partial charge in [-0.3, -0.25) is 0 Å². The lowest BCUT2D eigenvalue weighted by atomic mass is 9.54. The van der Waals surface area contributed by atoms with Gasteiger partial charge in [-0.05, 0) is 19.8 Å². The van der Waals surface area contributed by atoms with Crippen LogP contribution < -0.4 is 0 Å². The average molecular weight is 264 g/mol. The highest BCUT2D eigenvalue weighted by molar-refractivity contribution is 5.91. The predicted octanol–water partition coefficient (Wildman–Crippen LogP) is 1.18. The summed E-state index contributed by atoms with van der Waals surface area (Å²) in [5.41, 5.74) is 1.02. The van der Waals surface area contributed by atoms with E-state index in [1.807, 2.05) is 19.9 Å². The Balaban J connectivity index is 2.04. The summed E-state index contributed by atoms with van der Waals surface area (Å²) in [6, 6.07) is 0. The summed E-state index contributed by atoms with van der Waals surface area (Å²) >= 11 is 0. The van der Waals surface area contributed by atoms with Gasteiger partial charge in [0.05, 0.1) is 18.1 Å². The van der Waals surface area contributed by atoms with Crippen LogP contribution in [0.5, 0.6) is 0 Å². The molecule has 0 radical (unpaired) electrons. The molecule has 6 atom stereocenters. The topological polar surface area (TPSA) is 66.8 Å². The van der Waals surface area contributed by atoms with Crippen LogP contribution in [0.4, 0.5) is 0 Å². The van der Waals surface area contributed by atoms with Crippen molar-refractivity contribution in [2.75, 3.05) is 0 Å². The van der Waals surface area contributed by atoms with Crippen molar-refractivity contribution in [2.45, 2.75) is 45.0 Å². The lowest BCUT2D eigenvalue weighted by molar-refractivity contribution is -0.154. The molecule has 0 bridgehead atoms. The Labute approximate surface area is 112 Å². The lowest BCUT2D eigenvalue weighted by Crippen LogP contribution is -2.56. The summed E-state index contributed by atoms with van der Waals surface area (Å²) in [5.74, 6) is -0.879. The van der Waals surface area contributed by atoms with Gasteiger partial charge in [-0.2, -0.15) is 0 Å². The van der Waals surface area contributed by atoms with Gasteiger partial charge in [0.25, 0.3) is 0 Å². The highest BCUT2D eigenvalue weighted by Gasteiger charge is 2.59. The number of aliphatic hydroxyl groups is 2. The number of aliphatic hydroxyl groups excluding tert-OH is 2. The Kier molecular flexibility index (Phi) is 2.67. The summed E-state index contributed by atoms with van der Waals surface area (Å²) < 4.78 is 5.32. The van der Waals surface area contributed by atoms with E-state index in [1.54, 1.807) is 0 Å². The monoisotopic (exact) mass is 264 g/mol. The third-order valence-electron chi connectivity index (χ3n) is 5.30. The molecule has 0 aromatic carbocycles. The first-order valence-corrected chi connectivity index (χ1v) is 6.79. The Morgan fingerprint density at radius 1 is 1.47 bits per heavy atom. The van der Waals surface area contributed by atoms with Gasteiger partial charge in [0.15, 0.2) is 0 Å². The first kappa shape index (κ1) is 12.9. The molecule has 0 amide bonds. The molecule has 2 fully saturated rings. The number of hydrogen-bond donors (Lipinski definition) is 2. The summed E-state index contributed by atoms with van der Waals surface area (Å²) in [6.07, 6.45) is 1.59. The zero-order valence-corrected chi connectivity index (χ0v) is 11.3. The molecule has 4 nitrogen and oxygen atoms in total. The van der Waals surface area contributed by atoms with E-state index in [-0.39, 0.29) is 17.9 Å². The van der Waals surface area contributed by atoms with Crippen molar-refractivity contribution >= 4 is 5.97 Å². The number of hydrogen-bond acceptors (Lipinski definition) is 4. The molecule has 4 heteroatoms. The second kappa shape index (κ2) is 3.93. The average Bonchev–Trinajstić information content (AvgIpc) is 2.60. The fraction of sp³-hybridized carbons (Fsp3) is 0.667. The summed E-state index contributed by atoms with van der Waals surface area (Å²) in [6.45, 7) is 7.72. The molecular formula is C15H20O4. The van der Waals surface area contributed by atoms with Crippen LogP contribution in [0.2, 0.25) is 0 Å². The molecule has 3 rings (SSSR count). The van der Waals surface area contributed by atoms with Gasteiger partial charge < -0.3 is 14.9 Å². The first-order valence-electron chi connectivity index (χ1n) is 6.79. The number of carbonyl (C=O) groups excluding carboxylic acids is 1. The highest BCUT2D eigenvalue weighted by atomic mass is 16.6. The van der Waals surface area contributed by atoms with Crippen LogP contribution in [0.3, 0.4) is 0 Å². The summed E-state index contributed by atoms with van der Waals surface area (Å²) in [4.78, 5) is 11.6. The smallest absolute Gasteiger partial charge is 0.334 e. The van der Waals surface area contributed by atoms with Crippen LogP contribution in [-0.4, -0.2) is 34.5 Å². The number of esters is 1. The normalized spacial score (nSPS) is 49.3. The SMILES string of the molecule is C=C1C(=O)O[C@H]2C[C@]3(C)C(C(C)=CC[C@H]3O)[C@@H](O)[C@H]12. The molecule has 1 aliphatic heterocycles. The van der Waals surface area contributed by atoms with Gasteiger partial charge in [-0.1, -0.05) is 25.2 Å². The van der Waals surface area contributed by atoms with E-state index < -0.39 is 23.6 Å². The quantitative estimate of drug-likeness (QED) is 0.392. The predicted molar refractivity (Wildman–Crippen MR) is 69.1 cm³/mol. The van der Waals surface area contributed by atoms with E-state index in [2.05, 4.69) is 6.58 Å². The van der Waals surface area contributed by atoms with Crippen molar-refractivity contribution in [1.29, 1.82) is 0 Å². The largest absolute Gasteiger partial charge is 0.458 e. The molecule has 0 aromatic heterocycles. The number of fused-ring (bicyclic) bond motifs is 2. The van der Waals surface area contributed by atoms with Gasteiger partial charge in [-0.25, -0.2) is 4.79 Å². The molecule has 19 heavy (non-hydrogen) atoms. The van der Waals surface area contributed by atoms with Crippen LogP contribution in [0.15, 0.2) is 23.8 Å². The lowest BCUT2D eigenvalue weighted by Gasteiger charge is -2.53. The van der Waals surface area contributed by atoms with E-state index in [4.69, 9.17) is 4.74 Å². The second-order valence-corrected chi connectivity index (χ2v) is 6.37. The molecule has 104 valence electrons. The van der Waals surface area contributed by atoms with E-state index >= 15 is 0 Å². The minimum absolute atomic E-state index is 0.135. The van der Waals surface area contributed by atoms with Gasteiger partial charge in [0, 0.05) is 16.9 Å². The third-order valence-corrected chi connectivity index (χ3v) is 5.30.